The van der Waals surface area contributed by atoms with Crippen molar-refractivity contribution in [3.05, 3.63) is 76.9 Å². The molecule has 2 saturated heterocycles. The van der Waals surface area contributed by atoms with Gasteiger partial charge < -0.3 is 29.6 Å². The van der Waals surface area contributed by atoms with Crippen molar-refractivity contribution in [2.24, 2.45) is 23.7 Å². The summed E-state index contributed by atoms with van der Waals surface area (Å²) in [6, 6.07) is 12.6. The number of aromatic nitrogens is 3. The van der Waals surface area contributed by atoms with E-state index in [4.69, 9.17) is 16.4 Å². The van der Waals surface area contributed by atoms with E-state index in [1.165, 1.54) is 0 Å². The summed E-state index contributed by atoms with van der Waals surface area (Å²) < 4.78 is 0. The lowest BCUT2D eigenvalue weighted by atomic mass is 9.94. The van der Waals surface area contributed by atoms with Crippen LogP contribution in [-0.2, 0) is 14.4 Å². The molecule has 0 bridgehead atoms. The fourth-order valence-electron chi connectivity index (χ4n) is 11.3. The minimum absolute atomic E-state index is 0.0252. The van der Waals surface area contributed by atoms with E-state index in [9.17, 15) is 30.0 Å². The highest BCUT2D eigenvalue weighted by atomic mass is 16.3. The lowest BCUT2D eigenvalue weighted by Gasteiger charge is -2.43. The number of anilines is 2. The predicted molar refractivity (Wildman–Crippen MR) is 254 cm³/mol. The van der Waals surface area contributed by atoms with E-state index >= 15 is 0 Å². The van der Waals surface area contributed by atoms with Gasteiger partial charge in [-0.25, -0.2) is 9.97 Å². The number of carbonyl (C=O) groups excluding carboxylic acids is 3. The molecule has 67 heavy (non-hydrogen) atoms. The molecule has 3 aromatic heterocycles. The number of carbonyl (C=O) groups is 3. The summed E-state index contributed by atoms with van der Waals surface area (Å²) in [5.41, 5.74) is 7.34. The van der Waals surface area contributed by atoms with Gasteiger partial charge in [0.1, 0.15) is 23.8 Å². The molecule has 7 atom stereocenters. The normalized spacial score (nSPS) is 26.1. The summed E-state index contributed by atoms with van der Waals surface area (Å²) in [7, 11) is 0. The Labute approximate surface area is 393 Å². The minimum atomic E-state index is -0.773. The first-order chi connectivity index (χ1) is 32.5. The molecule has 10 rings (SSSR count). The third-order valence-corrected chi connectivity index (χ3v) is 15.2. The first-order valence-electron chi connectivity index (χ1n) is 24.2. The smallest absolute Gasteiger partial charge is 0.298 e. The number of nitrogens with zero attached hydrogens (tertiary/aromatic N) is 10. The molecule has 0 spiro atoms. The van der Waals surface area contributed by atoms with Gasteiger partial charge in [0.2, 0.25) is 11.8 Å². The third kappa shape index (κ3) is 8.78. The van der Waals surface area contributed by atoms with Crippen molar-refractivity contribution in [2.75, 3.05) is 62.2 Å². The van der Waals surface area contributed by atoms with E-state index in [1.807, 2.05) is 34.1 Å². The Morgan fingerprint density at radius 1 is 0.896 bits per heavy atom. The van der Waals surface area contributed by atoms with Crippen LogP contribution in [0.15, 0.2) is 43.1 Å². The first-order valence-corrected chi connectivity index (χ1v) is 24.2. The van der Waals surface area contributed by atoms with Crippen molar-refractivity contribution in [1.82, 2.24) is 29.7 Å². The summed E-state index contributed by atoms with van der Waals surface area (Å²) in [4.78, 5) is 65.0. The number of hydrogen-bond donors (Lipinski definition) is 1. The van der Waals surface area contributed by atoms with Crippen molar-refractivity contribution in [3.8, 4) is 35.6 Å². The van der Waals surface area contributed by atoms with Gasteiger partial charge in [0.15, 0.2) is 0 Å². The van der Waals surface area contributed by atoms with Gasteiger partial charge in [0.25, 0.3) is 5.91 Å². The topological polar surface area (TPSA) is 174 Å². The lowest BCUT2D eigenvalue weighted by Crippen LogP contribution is -2.57. The van der Waals surface area contributed by atoms with Crippen LogP contribution in [0.5, 0.6) is 0 Å². The van der Waals surface area contributed by atoms with Crippen molar-refractivity contribution in [1.29, 1.82) is 10.5 Å². The molecule has 14 nitrogen and oxygen atoms in total. The molecule has 3 aromatic rings. The Hall–Kier alpha value is -6.56. The van der Waals surface area contributed by atoms with Crippen LogP contribution in [0.2, 0.25) is 0 Å². The van der Waals surface area contributed by atoms with Crippen LogP contribution in [0.4, 0.5) is 11.6 Å². The second-order valence-corrected chi connectivity index (χ2v) is 20.0. The van der Waals surface area contributed by atoms with E-state index in [-0.39, 0.29) is 59.9 Å². The Balaban J connectivity index is 0.945. The second-order valence-electron chi connectivity index (χ2n) is 20.0. The molecule has 6 heterocycles. The zero-order valence-electron chi connectivity index (χ0n) is 38.5. The van der Waals surface area contributed by atoms with Crippen LogP contribution in [0, 0.1) is 58.7 Å². The fraction of sp³-hybridized carbons (Fsp3) is 0.509. The molecule has 4 saturated carbocycles. The Bertz CT molecular complexity index is 2690. The second kappa shape index (κ2) is 17.9. The predicted octanol–water partition coefficient (Wildman–Crippen LogP) is 5.73. The standard InChI is InChI=1S/C53H58N10O4/c1-5-39-21-35(13-14-56-39)40-22-37(26-54)51(57-49(40)33-9-10-33)61-17-19-63(48(66)20-32(4)64)46(30-61)44-24-42(44)43-25-45(43)50-41(36-8-7-15-59(29-36)47(65)6-2)23-38(27-55)52(58-50)60-16-18-62(31(3)28-60)53(67)34-11-12-34/h2,5,8,13-14,21-23,31-34,42-46,64H,1,7,9-12,15-20,24-25,28-30H2,3-4H3. The van der Waals surface area contributed by atoms with Gasteiger partial charge in [-0.15, -0.1) is 6.42 Å². The molecule has 7 aliphatic rings. The summed E-state index contributed by atoms with van der Waals surface area (Å²) in [6.45, 7) is 11.7. The van der Waals surface area contributed by atoms with Crippen LogP contribution in [-0.4, -0.2) is 123 Å². The van der Waals surface area contributed by atoms with E-state index in [1.54, 1.807) is 24.1 Å². The maximum Gasteiger partial charge on any atom is 0.298 e. The average Bonchev–Trinajstić information content (AvgIpc) is 4.12. The Morgan fingerprint density at radius 3 is 2.25 bits per heavy atom. The molecule has 4 aliphatic carbocycles. The molecule has 7 unspecified atom stereocenters. The van der Waals surface area contributed by atoms with E-state index in [2.05, 4.69) is 52.4 Å². The molecule has 6 fully saturated rings. The van der Waals surface area contributed by atoms with Crippen molar-refractivity contribution in [2.45, 2.75) is 95.2 Å². The van der Waals surface area contributed by atoms with Crippen LogP contribution in [0.3, 0.4) is 0 Å². The molecular weight excluding hydrogens is 841 g/mol. The maximum atomic E-state index is 13.9. The van der Waals surface area contributed by atoms with Gasteiger partial charge >= 0.3 is 0 Å². The van der Waals surface area contributed by atoms with E-state index < -0.39 is 6.10 Å². The lowest BCUT2D eigenvalue weighted by molar-refractivity contribution is -0.136. The van der Waals surface area contributed by atoms with Crippen molar-refractivity contribution in [3.63, 3.8) is 0 Å². The molecule has 1 N–H and O–H groups in total. The number of terminal acetylenes is 1. The molecule has 3 amide bonds. The van der Waals surface area contributed by atoms with Crippen molar-refractivity contribution < 1.29 is 19.5 Å². The van der Waals surface area contributed by atoms with Gasteiger partial charge in [-0.3, -0.25) is 19.4 Å². The number of piperazine rings is 2. The highest BCUT2D eigenvalue weighted by Crippen LogP contribution is 2.64. The first kappa shape index (κ1) is 44.3. The van der Waals surface area contributed by atoms with Crippen LogP contribution >= 0.6 is 0 Å². The van der Waals surface area contributed by atoms with Gasteiger partial charge in [-0.1, -0.05) is 12.7 Å². The summed E-state index contributed by atoms with van der Waals surface area (Å²) in [5.74, 6) is 4.69. The zero-order chi connectivity index (χ0) is 46.7. The largest absolute Gasteiger partial charge is 0.393 e. The van der Waals surface area contributed by atoms with Gasteiger partial charge in [0.05, 0.1) is 46.8 Å². The monoisotopic (exact) mass is 898 g/mol. The summed E-state index contributed by atoms with van der Waals surface area (Å²) in [6.07, 6.45) is 16.9. The molecule has 0 radical (unpaired) electrons. The molecule has 14 heteroatoms. The number of pyridine rings is 3. The SMILES string of the molecule is C#CC(=O)N1CCC=C(c2cc(C#N)c(N3CCN(C(=O)C4CC4)C(C)C3)nc2C2CC2C2CC2C2CN(c3nc(C4CC4)c(-c4ccnc(C=C)c4)cc3C#N)CCN2C(=O)CC(C)O)C1. The third-order valence-electron chi connectivity index (χ3n) is 15.2. The number of aliphatic hydroxyl groups excluding tert-OH is 1. The maximum absolute atomic E-state index is 13.9. The zero-order valence-corrected chi connectivity index (χ0v) is 38.5. The highest BCUT2D eigenvalue weighted by Gasteiger charge is 2.59. The minimum Gasteiger partial charge on any atom is -0.393 e. The highest BCUT2D eigenvalue weighted by molar-refractivity contribution is 5.94. The molecule has 0 aromatic carbocycles. The van der Waals surface area contributed by atoms with Gasteiger partial charge in [-0.2, -0.15) is 10.5 Å². The van der Waals surface area contributed by atoms with Gasteiger partial charge in [-0.05, 0) is 124 Å². The fourth-order valence-corrected chi connectivity index (χ4v) is 11.3. The van der Waals surface area contributed by atoms with Crippen LogP contribution in [0.1, 0.15) is 111 Å². The average molecular weight is 899 g/mol. The molecule has 344 valence electrons. The number of aliphatic hydroxyl groups is 1. The van der Waals surface area contributed by atoms with E-state index in [0.717, 1.165) is 77.9 Å². The Kier molecular flexibility index (Phi) is 11.8. The molecular formula is C53H58N10O4. The number of rotatable bonds is 12. The number of amides is 3. The quantitative estimate of drug-likeness (QED) is 0.220. The van der Waals surface area contributed by atoms with Crippen molar-refractivity contribution >= 4 is 41.0 Å². The van der Waals surface area contributed by atoms with Gasteiger partial charge in [0, 0.05) is 93.5 Å². The Morgan fingerprint density at radius 2 is 1.60 bits per heavy atom. The van der Waals surface area contributed by atoms with Crippen LogP contribution in [0.25, 0.3) is 22.8 Å². The number of nitriles is 2. The molecule has 3 aliphatic heterocycles. The summed E-state index contributed by atoms with van der Waals surface area (Å²) in [5, 5.41) is 31.6. The summed E-state index contributed by atoms with van der Waals surface area (Å²) >= 11 is 0. The van der Waals surface area contributed by atoms with Crippen LogP contribution < -0.4 is 9.80 Å². The van der Waals surface area contributed by atoms with E-state index in [0.29, 0.717) is 93.4 Å². The number of hydrogen-bond acceptors (Lipinski definition) is 11.